The van der Waals surface area contributed by atoms with E-state index in [2.05, 4.69) is 21.2 Å². The van der Waals surface area contributed by atoms with E-state index in [4.69, 9.17) is 0 Å². The predicted molar refractivity (Wildman–Crippen MR) is 77.8 cm³/mol. The van der Waals surface area contributed by atoms with Crippen molar-refractivity contribution in [1.29, 1.82) is 0 Å². The average Bonchev–Trinajstić information content (AvgIpc) is 2.42. The lowest BCUT2D eigenvalue weighted by molar-refractivity contribution is -0.133. The number of rotatable bonds is 3. The van der Waals surface area contributed by atoms with E-state index in [0.717, 1.165) is 17.0 Å². The number of piperazine rings is 1. The van der Waals surface area contributed by atoms with Crippen molar-refractivity contribution in [3.05, 3.63) is 28.2 Å². The number of halogens is 3. The molecular weight excluding hydrogens is 346 g/mol. The van der Waals surface area contributed by atoms with Gasteiger partial charge in [-0.3, -0.25) is 14.5 Å². The number of carbonyl (C=O) groups excluding carboxylic acids is 2. The van der Waals surface area contributed by atoms with Crippen LogP contribution in [0.15, 0.2) is 16.6 Å². The smallest absolute Gasteiger partial charge is 0.250 e. The fraction of sp³-hybridized carbons (Fsp3) is 0.429. The first-order chi connectivity index (χ1) is 9.86. The highest BCUT2D eigenvalue weighted by molar-refractivity contribution is 9.10. The minimum Gasteiger partial charge on any atom is -0.342 e. The Morgan fingerprint density at radius 1 is 1.29 bits per heavy atom. The number of carbonyl (C=O) groups is 2. The summed E-state index contributed by atoms with van der Waals surface area (Å²) < 4.78 is 27.7. The lowest BCUT2D eigenvalue weighted by Gasteiger charge is -2.37. The summed E-state index contributed by atoms with van der Waals surface area (Å²) in [6.45, 7) is 3.36. The van der Waals surface area contributed by atoms with E-state index in [1.54, 1.807) is 0 Å². The number of amides is 2. The second-order valence-corrected chi connectivity index (χ2v) is 5.81. The highest BCUT2D eigenvalue weighted by atomic mass is 79.9. The lowest BCUT2D eigenvalue weighted by Crippen LogP contribution is -2.62. The van der Waals surface area contributed by atoms with Crippen LogP contribution in [0.3, 0.4) is 0 Å². The molecule has 2 unspecified atom stereocenters. The number of hydrogen-bond donors (Lipinski definition) is 1. The van der Waals surface area contributed by atoms with Crippen molar-refractivity contribution < 1.29 is 18.4 Å². The summed E-state index contributed by atoms with van der Waals surface area (Å²) in [4.78, 5) is 25.4. The van der Waals surface area contributed by atoms with Gasteiger partial charge >= 0.3 is 0 Å². The van der Waals surface area contributed by atoms with Gasteiger partial charge in [-0.25, -0.2) is 8.78 Å². The van der Waals surface area contributed by atoms with Crippen LogP contribution in [-0.2, 0) is 9.59 Å². The Balaban J connectivity index is 2.46. The van der Waals surface area contributed by atoms with Crippen LogP contribution in [0.4, 0.5) is 14.5 Å². The highest BCUT2D eigenvalue weighted by Gasteiger charge is 2.39. The van der Waals surface area contributed by atoms with Gasteiger partial charge < -0.3 is 5.32 Å². The van der Waals surface area contributed by atoms with Crippen LogP contribution in [-0.4, -0.2) is 23.9 Å². The molecule has 21 heavy (non-hydrogen) atoms. The zero-order valence-electron chi connectivity index (χ0n) is 11.6. The standard InChI is InChI=1S/C14H15BrF2N2O2/c1-3-4-11-14(21)19(7(2)13(20)18-11)12-6-9(16)8(15)5-10(12)17/h5-7,11H,3-4H2,1-2H3,(H,18,20). The molecular formula is C14H15BrF2N2O2. The van der Waals surface area contributed by atoms with E-state index >= 15 is 0 Å². The van der Waals surface area contributed by atoms with Gasteiger partial charge in [-0.15, -0.1) is 0 Å². The van der Waals surface area contributed by atoms with Gasteiger partial charge in [-0.2, -0.15) is 0 Å². The van der Waals surface area contributed by atoms with E-state index < -0.39 is 29.6 Å². The molecule has 114 valence electrons. The fourth-order valence-corrected chi connectivity index (χ4v) is 2.65. The number of hydrogen-bond acceptors (Lipinski definition) is 2. The van der Waals surface area contributed by atoms with Gasteiger partial charge in [-0.05, 0) is 35.3 Å². The second kappa shape index (κ2) is 6.09. The van der Waals surface area contributed by atoms with Crippen LogP contribution in [0.1, 0.15) is 26.7 Å². The molecule has 1 aliphatic heterocycles. The monoisotopic (exact) mass is 360 g/mol. The molecule has 2 rings (SSSR count). The maximum absolute atomic E-state index is 14.1. The quantitative estimate of drug-likeness (QED) is 0.842. The summed E-state index contributed by atoms with van der Waals surface area (Å²) in [5, 5.41) is 2.61. The van der Waals surface area contributed by atoms with Crippen LogP contribution in [0.5, 0.6) is 0 Å². The molecule has 1 fully saturated rings. The number of anilines is 1. The maximum atomic E-state index is 14.1. The third kappa shape index (κ3) is 2.92. The van der Waals surface area contributed by atoms with Crippen LogP contribution >= 0.6 is 15.9 Å². The molecule has 0 bridgehead atoms. The molecule has 0 spiro atoms. The second-order valence-electron chi connectivity index (χ2n) is 4.95. The normalized spacial score (nSPS) is 22.4. The van der Waals surface area contributed by atoms with Crippen molar-refractivity contribution in [2.24, 2.45) is 0 Å². The van der Waals surface area contributed by atoms with Gasteiger partial charge in [0.05, 0.1) is 10.2 Å². The Kier molecular flexibility index (Phi) is 4.61. The topological polar surface area (TPSA) is 49.4 Å². The molecule has 0 radical (unpaired) electrons. The molecule has 1 aromatic rings. The van der Waals surface area contributed by atoms with Gasteiger partial charge in [-0.1, -0.05) is 13.3 Å². The van der Waals surface area contributed by atoms with Gasteiger partial charge in [0.1, 0.15) is 23.7 Å². The molecule has 1 heterocycles. The Morgan fingerprint density at radius 3 is 2.57 bits per heavy atom. The van der Waals surface area contributed by atoms with Gasteiger partial charge in [0, 0.05) is 6.07 Å². The predicted octanol–water partition coefficient (Wildman–Crippen LogP) is 2.75. The average molecular weight is 361 g/mol. The van der Waals surface area contributed by atoms with Crippen molar-refractivity contribution in [2.45, 2.75) is 38.8 Å². The zero-order valence-corrected chi connectivity index (χ0v) is 13.2. The lowest BCUT2D eigenvalue weighted by atomic mass is 10.0. The van der Waals surface area contributed by atoms with Crippen molar-refractivity contribution in [3.63, 3.8) is 0 Å². The molecule has 7 heteroatoms. The van der Waals surface area contributed by atoms with Crippen LogP contribution < -0.4 is 10.2 Å². The van der Waals surface area contributed by atoms with E-state index in [1.165, 1.54) is 6.92 Å². The summed E-state index contributed by atoms with van der Waals surface area (Å²) >= 11 is 2.89. The highest BCUT2D eigenvalue weighted by Crippen LogP contribution is 2.29. The molecule has 0 saturated carbocycles. The van der Waals surface area contributed by atoms with Gasteiger partial charge in [0.25, 0.3) is 0 Å². The maximum Gasteiger partial charge on any atom is 0.250 e. The molecule has 0 aromatic heterocycles. The Bertz CT molecular complexity index is 595. The number of nitrogens with one attached hydrogen (secondary N) is 1. The summed E-state index contributed by atoms with van der Waals surface area (Å²) in [5.41, 5.74) is -0.218. The Morgan fingerprint density at radius 2 is 1.95 bits per heavy atom. The van der Waals surface area contributed by atoms with Crippen molar-refractivity contribution in [1.82, 2.24) is 5.32 Å². The third-order valence-electron chi connectivity index (χ3n) is 3.45. The molecule has 1 aromatic carbocycles. The molecule has 4 nitrogen and oxygen atoms in total. The molecule has 1 aliphatic rings. The Hall–Kier alpha value is -1.50. The fourth-order valence-electron chi connectivity index (χ4n) is 2.34. The van der Waals surface area contributed by atoms with E-state index in [1.807, 2.05) is 6.92 Å². The first-order valence-corrected chi connectivity index (χ1v) is 7.44. The summed E-state index contributed by atoms with van der Waals surface area (Å²) in [6, 6.07) is 0.284. The first-order valence-electron chi connectivity index (χ1n) is 6.64. The third-order valence-corrected chi connectivity index (χ3v) is 4.05. The largest absolute Gasteiger partial charge is 0.342 e. The minimum atomic E-state index is -0.888. The van der Waals surface area contributed by atoms with Crippen LogP contribution in [0.25, 0.3) is 0 Å². The van der Waals surface area contributed by atoms with Crippen molar-refractivity contribution in [2.75, 3.05) is 4.90 Å². The molecule has 1 N–H and O–H groups in total. The summed E-state index contributed by atoms with van der Waals surface area (Å²) in [7, 11) is 0. The van der Waals surface area contributed by atoms with Crippen molar-refractivity contribution >= 4 is 33.4 Å². The van der Waals surface area contributed by atoms with E-state index in [0.29, 0.717) is 12.8 Å². The molecule has 0 aliphatic carbocycles. The Labute approximate surface area is 129 Å². The van der Waals surface area contributed by atoms with Gasteiger partial charge in [0.2, 0.25) is 11.8 Å². The number of nitrogens with zero attached hydrogens (tertiary/aromatic N) is 1. The minimum absolute atomic E-state index is 0.0320. The molecule has 1 saturated heterocycles. The SMILES string of the molecule is CCCC1NC(=O)C(C)N(c2cc(F)c(Br)cc2F)C1=O. The van der Waals surface area contributed by atoms with E-state index in [9.17, 15) is 18.4 Å². The zero-order chi connectivity index (χ0) is 15.7. The molecule has 2 atom stereocenters. The first kappa shape index (κ1) is 15.9. The summed E-state index contributed by atoms with van der Waals surface area (Å²) in [5.74, 6) is -2.25. The van der Waals surface area contributed by atoms with Crippen LogP contribution in [0, 0.1) is 11.6 Å². The number of benzene rings is 1. The van der Waals surface area contributed by atoms with Crippen molar-refractivity contribution in [3.8, 4) is 0 Å². The summed E-state index contributed by atoms with van der Waals surface area (Å²) in [6.07, 6.45) is 1.14. The molecule has 2 amide bonds. The van der Waals surface area contributed by atoms with Crippen LogP contribution in [0.2, 0.25) is 0 Å². The van der Waals surface area contributed by atoms with Gasteiger partial charge in [0.15, 0.2) is 0 Å². The van der Waals surface area contributed by atoms with E-state index in [-0.39, 0.29) is 16.1 Å².